The Morgan fingerprint density at radius 2 is 2.00 bits per heavy atom. The van der Waals surface area contributed by atoms with Gasteiger partial charge in [0.2, 0.25) is 5.91 Å². The number of piperidine rings is 1. The van der Waals surface area contributed by atoms with E-state index in [0.29, 0.717) is 19.5 Å². The summed E-state index contributed by atoms with van der Waals surface area (Å²) in [6, 6.07) is 7.97. The number of hydrogen-bond donors (Lipinski definition) is 1. The van der Waals surface area contributed by atoms with Gasteiger partial charge in [0.05, 0.1) is 11.4 Å². The predicted molar refractivity (Wildman–Crippen MR) is 92.5 cm³/mol. The van der Waals surface area contributed by atoms with E-state index in [0.717, 1.165) is 29.0 Å². The molecule has 0 saturated carbocycles. The number of carboxylic acid groups (broad SMARTS) is 1. The maximum absolute atomic E-state index is 12.5. The molecule has 1 aromatic heterocycles. The van der Waals surface area contributed by atoms with E-state index in [2.05, 4.69) is 4.98 Å². The first kappa shape index (κ1) is 16.6. The van der Waals surface area contributed by atoms with Gasteiger partial charge in [-0.25, -0.2) is 9.78 Å². The summed E-state index contributed by atoms with van der Waals surface area (Å²) >= 11 is 1.40. The zero-order valence-corrected chi connectivity index (χ0v) is 14.4. The van der Waals surface area contributed by atoms with Crippen molar-refractivity contribution in [2.24, 2.45) is 0 Å². The van der Waals surface area contributed by atoms with Crippen LogP contribution in [0.5, 0.6) is 0 Å². The standard InChI is InChI=1S/C18H20N2O3S/c1-12-4-2-3-5-14(12)10-16(21)20-8-6-13(7-9-20)17-19-15(11-24-17)18(22)23/h2-5,11,13H,6-10H2,1H3,(H,22,23). The smallest absolute Gasteiger partial charge is 0.355 e. The summed E-state index contributed by atoms with van der Waals surface area (Å²) in [7, 11) is 0. The first-order valence-electron chi connectivity index (χ1n) is 8.05. The zero-order chi connectivity index (χ0) is 17.1. The van der Waals surface area contributed by atoms with Gasteiger partial charge in [-0.2, -0.15) is 0 Å². The van der Waals surface area contributed by atoms with E-state index in [9.17, 15) is 9.59 Å². The highest BCUT2D eigenvalue weighted by Crippen LogP contribution is 2.30. The molecule has 5 nitrogen and oxygen atoms in total. The molecule has 24 heavy (non-hydrogen) atoms. The molecular weight excluding hydrogens is 324 g/mol. The lowest BCUT2D eigenvalue weighted by molar-refractivity contribution is -0.131. The van der Waals surface area contributed by atoms with E-state index in [1.165, 1.54) is 11.3 Å². The molecule has 0 unspecified atom stereocenters. The van der Waals surface area contributed by atoms with Crippen LogP contribution in [0.1, 0.15) is 45.4 Å². The molecule has 0 radical (unpaired) electrons. The molecule has 1 amide bonds. The highest BCUT2D eigenvalue weighted by molar-refractivity contribution is 7.09. The summed E-state index contributed by atoms with van der Waals surface area (Å²) in [6.07, 6.45) is 2.12. The molecule has 1 aromatic carbocycles. The van der Waals surface area contributed by atoms with Crippen molar-refractivity contribution < 1.29 is 14.7 Å². The molecule has 0 spiro atoms. The van der Waals surface area contributed by atoms with Crippen LogP contribution in [0.25, 0.3) is 0 Å². The minimum Gasteiger partial charge on any atom is -0.476 e. The molecule has 2 aromatic rings. The predicted octanol–water partition coefficient (Wildman–Crippen LogP) is 3.10. The first-order valence-corrected chi connectivity index (χ1v) is 8.93. The molecule has 1 N–H and O–H groups in total. The lowest BCUT2D eigenvalue weighted by Crippen LogP contribution is -2.38. The number of aryl methyl sites for hydroxylation is 1. The van der Waals surface area contributed by atoms with Crippen molar-refractivity contribution >= 4 is 23.2 Å². The number of hydrogen-bond acceptors (Lipinski definition) is 4. The van der Waals surface area contributed by atoms with Crippen LogP contribution < -0.4 is 0 Å². The third-order valence-electron chi connectivity index (χ3n) is 4.54. The van der Waals surface area contributed by atoms with Crippen molar-refractivity contribution in [3.8, 4) is 0 Å². The van der Waals surface area contributed by atoms with E-state index in [1.807, 2.05) is 36.1 Å². The van der Waals surface area contributed by atoms with Crippen LogP contribution in [0.3, 0.4) is 0 Å². The number of aromatic nitrogens is 1. The third-order valence-corrected chi connectivity index (χ3v) is 5.55. The van der Waals surface area contributed by atoms with E-state index < -0.39 is 5.97 Å². The normalized spacial score (nSPS) is 15.5. The third kappa shape index (κ3) is 3.64. The van der Waals surface area contributed by atoms with Gasteiger partial charge in [-0.15, -0.1) is 11.3 Å². The number of carbonyl (C=O) groups is 2. The Hall–Kier alpha value is -2.21. The Morgan fingerprint density at radius 1 is 1.29 bits per heavy atom. The maximum Gasteiger partial charge on any atom is 0.355 e. The number of likely N-dealkylation sites (tertiary alicyclic amines) is 1. The Balaban J connectivity index is 1.57. The molecular formula is C18H20N2O3S. The van der Waals surface area contributed by atoms with E-state index >= 15 is 0 Å². The van der Waals surface area contributed by atoms with Crippen molar-refractivity contribution in [3.63, 3.8) is 0 Å². The van der Waals surface area contributed by atoms with Gasteiger partial charge in [0.25, 0.3) is 0 Å². The van der Waals surface area contributed by atoms with E-state index in [1.54, 1.807) is 5.38 Å². The number of rotatable bonds is 4. The molecule has 1 saturated heterocycles. The number of aromatic carboxylic acids is 1. The first-order chi connectivity index (χ1) is 11.5. The van der Waals surface area contributed by atoms with Crippen molar-refractivity contribution in [1.29, 1.82) is 0 Å². The summed E-state index contributed by atoms with van der Waals surface area (Å²) in [4.78, 5) is 29.5. The average Bonchev–Trinajstić information content (AvgIpc) is 3.07. The van der Waals surface area contributed by atoms with Crippen molar-refractivity contribution in [2.45, 2.75) is 32.1 Å². The summed E-state index contributed by atoms with van der Waals surface area (Å²) in [5, 5.41) is 11.4. The Bertz CT molecular complexity index is 748. The van der Waals surface area contributed by atoms with Crippen molar-refractivity contribution in [2.75, 3.05) is 13.1 Å². The average molecular weight is 344 g/mol. The highest BCUT2D eigenvalue weighted by Gasteiger charge is 2.26. The molecule has 3 rings (SSSR count). The maximum atomic E-state index is 12.5. The second-order valence-electron chi connectivity index (χ2n) is 6.13. The van der Waals surface area contributed by atoms with Crippen LogP contribution in [-0.4, -0.2) is 40.0 Å². The van der Waals surface area contributed by atoms with Crippen LogP contribution in [0.2, 0.25) is 0 Å². The van der Waals surface area contributed by atoms with Crippen LogP contribution in [-0.2, 0) is 11.2 Å². The minimum atomic E-state index is -0.983. The molecule has 2 heterocycles. The Kier molecular flexibility index (Phi) is 4.94. The fourth-order valence-electron chi connectivity index (χ4n) is 3.03. The van der Waals surface area contributed by atoms with Gasteiger partial charge < -0.3 is 10.0 Å². The Labute approximate surface area is 145 Å². The van der Waals surface area contributed by atoms with E-state index in [-0.39, 0.29) is 17.5 Å². The lowest BCUT2D eigenvalue weighted by atomic mass is 9.96. The minimum absolute atomic E-state index is 0.119. The molecule has 0 aliphatic carbocycles. The summed E-state index contributed by atoms with van der Waals surface area (Å²) in [6.45, 7) is 3.44. The van der Waals surface area contributed by atoms with Gasteiger partial charge >= 0.3 is 5.97 Å². The Morgan fingerprint density at radius 3 is 2.62 bits per heavy atom. The molecule has 0 atom stereocenters. The van der Waals surface area contributed by atoms with Crippen LogP contribution in [0, 0.1) is 6.92 Å². The van der Waals surface area contributed by atoms with Crippen LogP contribution >= 0.6 is 11.3 Å². The van der Waals surface area contributed by atoms with Crippen molar-refractivity contribution in [3.05, 3.63) is 51.5 Å². The quantitative estimate of drug-likeness (QED) is 0.925. The lowest BCUT2D eigenvalue weighted by Gasteiger charge is -2.31. The highest BCUT2D eigenvalue weighted by atomic mass is 32.1. The fraction of sp³-hybridized carbons (Fsp3) is 0.389. The number of benzene rings is 1. The van der Waals surface area contributed by atoms with Crippen LogP contribution in [0.15, 0.2) is 29.6 Å². The largest absolute Gasteiger partial charge is 0.476 e. The molecule has 126 valence electrons. The number of thiazole rings is 1. The zero-order valence-electron chi connectivity index (χ0n) is 13.6. The number of carbonyl (C=O) groups excluding carboxylic acids is 1. The molecule has 6 heteroatoms. The summed E-state index contributed by atoms with van der Waals surface area (Å²) in [5.74, 6) is -0.568. The van der Waals surface area contributed by atoms with Gasteiger partial charge in [-0.3, -0.25) is 4.79 Å². The molecule has 1 aliphatic heterocycles. The number of carboxylic acids is 1. The van der Waals surface area contributed by atoms with Gasteiger partial charge in [0.1, 0.15) is 0 Å². The number of nitrogens with zero attached hydrogens (tertiary/aromatic N) is 2. The molecule has 0 bridgehead atoms. The second-order valence-corrected chi connectivity index (χ2v) is 7.02. The van der Waals surface area contributed by atoms with Gasteiger partial charge in [-0.1, -0.05) is 24.3 Å². The van der Waals surface area contributed by atoms with Gasteiger partial charge in [0, 0.05) is 24.4 Å². The molecule has 1 fully saturated rings. The monoisotopic (exact) mass is 344 g/mol. The second kappa shape index (κ2) is 7.13. The number of amides is 1. The summed E-state index contributed by atoms with van der Waals surface area (Å²) < 4.78 is 0. The molecule has 1 aliphatic rings. The topological polar surface area (TPSA) is 70.5 Å². The fourth-order valence-corrected chi connectivity index (χ4v) is 4.00. The summed E-state index contributed by atoms with van der Waals surface area (Å²) in [5.41, 5.74) is 2.34. The van der Waals surface area contributed by atoms with Crippen molar-refractivity contribution in [1.82, 2.24) is 9.88 Å². The van der Waals surface area contributed by atoms with Gasteiger partial charge in [0.15, 0.2) is 5.69 Å². The van der Waals surface area contributed by atoms with E-state index in [4.69, 9.17) is 5.11 Å². The van der Waals surface area contributed by atoms with Crippen LogP contribution in [0.4, 0.5) is 0 Å². The SMILES string of the molecule is Cc1ccccc1CC(=O)N1CCC(c2nc(C(=O)O)cs2)CC1. The van der Waals surface area contributed by atoms with Gasteiger partial charge in [-0.05, 0) is 30.9 Å².